The fourth-order valence-corrected chi connectivity index (χ4v) is 1.95. The highest BCUT2D eigenvalue weighted by atomic mass is 16.5. The van der Waals surface area contributed by atoms with Crippen LogP contribution in [0, 0.1) is 13.8 Å². The van der Waals surface area contributed by atoms with Gasteiger partial charge < -0.3 is 10.1 Å². The summed E-state index contributed by atoms with van der Waals surface area (Å²) in [4.78, 5) is 11.1. The summed E-state index contributed by atoms with van der Waals surface area (Å²) in [6.07, 6.45) is 3.58. The van der Waals surface area contributed by atoms with Crippen molar-refractivity contribution >= 4 is 11.7 Å². The molecule has 0 aliphatic carbocycles. The Morgan fingerprint density at radius 1 is 1.21 bits per heavy atom. The van der Waals surface area contributed by atoms with Gasteiger partial charge in [0.05, 0.1) is 6.61 Å². The van der Waals surface area contributed by atoms with E-state index in [4.69, 9.17) is 4.74 Å². The summed E-state index contributed by atoms with van der Waals surface area (Å²) in [5.74, 6) is -0.0787. The number of rotatable bonds is 8. The van der Waals surface area contributed by atoms with Crippen LogP contribution >= 0.6 is 0 Å². The smallest absolute Gasteiger partial charge is 0.305 e. The molecule has 1 rings (SSSR count). The quantitative estimate of drug-likeness (QED) is 0.572. The van der Waals surface area contributed by atoms with Crippen molar-refractivity contribution in [2.75, 3.05) is 18.5 Å². The van der Waals surface area contributed by atoms with Crippen LogP contribution in [0.15, 0.2) is 18.2 Å². The number of ether oxygens (including phenoxy) is 1. The number of hydrogen-bond acceptors (Lipinski definition) is 3. The standard InChI is InChI=1S/C16H25NO2/c1-4-19-16(18)8-6-5-7-11-17-15-12-13(2)9-10-14(15)3/h9-10,12,17H,4-8,11H2,1-3H3. The molecule has 0 radical (unpaired) electrons. The molecule has 19 heavy (non-hydrogen) atoms. The molecule has 106 valence electrons. The molecule has 0 aliphatic rings. The summed E-state index contributed by atoms with van der Waals surface area (Å²) in [5.41, 5.74) is 3.76. The summed E-state index contributed by atoms with van der Waals surface area (Å²) in [7, 11) is 0. The van der Waals surface area contributed by atoms with E-state index in [0.29, 0.717) is 13.0 Å². The second kappa shape index (κ2) is 8.57. The molecule has 3 nitrogen and oxygen atoms in total. The first-order valence-corrected chi connectivity index (χ1v) is 7.10. The zero-order valence-corrected chi connectivity index (χ0v) is 12.3. The van der Waals surface area contributed by atoms with Crippen LogP contribution in [0.3, 0.4) is 0 Å². The zero-order valence-electron chi connectivity index (χ0n) is 12.3. The Labute approximate surface area is 116 Å². The lowest BCUT2D eigenvalue weighted by Crippen LogP contribution is -2.05. The first-order chi connectivity index (χ1) is 9.13. The van der Waals surface area contributed by atoms with E-state index in [9.17, 15) is 4.79 Å². The first-order valence-electron chi connectivity index (χ1n) is 7.10. The molecule has 0 atom stereocenters. The van der Waals surface area contributed by atoms with Gasteiger partial charge in [0, 0.05) is 18.7 Å². The Morgan fingerprint density at radius 3 is 2.74 bits per heavy atom. The molecule has 1 aromatic rings. The van der Waals surface area contributed by atoms with Crippen LogP contribution < -0.4 is 5.32 Å². The van der Waals surface area contributed by atoms with Crippen molar-refractivity contribution in [2.24, 2.45) is 0 Å². The van der Waals surface area contributed by atoms with Gasteiger partial charge in [-0.15, -0.1) is 0 Å². The van der Waals surface area contributed by atoms with E-state index >= 15 is 0 Å². The first kappa shape index (κ1) is 15.5. The minimum Gasteiger partial charge on any atom is -0.466 e. The Morgan fingerprint density at radius 2 is 2.00 bits per heavy atom. The fraction of sp³-hybridized carbons (Fsp3) is 0.562. The summed E-state index contributed by atoms with van der Waals surface area (Å²) in [6.45, 7) is 7.48. The summed E-state index contributed by atoms with van der Waals surface area (Å²) < 4.78 is 4.89. The molecule has 0 aliphatic heterocycles. The van der Waals surface area contributed by atoms with Crippen molar-refractivity contribution in [1.29, 1.82) is 0 Å². The highest BCUT2D eigenvalue weighted by Crippen LogP contribution is 2.16. The second-order valence-electron chi connectivity index (χ2n) is 4.86. The van der Waals surface area contributed by atoms with Crippen LogP contribution in [0.4, 0.5) is 5.69 Å². The van der Waals surface area contributed by atoms with Gasteiger partial charge in [-0.05, 0) is 50.8 Å². The molecule has 0 spiro atoms. The molecule has 0 fully saturated rings. The van der Waals surface area contributed by atoms with Gasteiger partial charge in [0.25, 0.3) is 0 Å². The molecule has 0 unspecified atom stereocenters. The highest BCUT2D eigenvalue weighted by Gasteiger charge is 2.01. The van der Waals surface area contributed by atoms with Crippen LogP contribution in [-0.4, -0.2) is 19.1 Å². The predicted octanol–water partition coefficient (Wildman–Crippen LogP) is 3.84. The van der Waals surface area contributed by atoms with Gasteiger partial charge in [-0.25, -0.2) is 0 Å². The number of esters is 1. The van der Waals surface area contributed by atoms with Crippen molar-refractivity contribution < 1.29 is 9.53 Å². The van der Waals surface area contributed by atoms with E-state index in [1.807, 2.05) is 6.92 Å². The summed E-state index contributed by atoms with van der Waals surface area (Å²) >= 11 is 0. The minimum absolute atomic E-state index is 0.0787. The van der Waals surface area contributed by atoms with E-state index in [0.717, 1.165) is 25.8 Å². The monoisotopic (exact) mass is 263 g/mol. The lowest BCUT2D eigenvalue weighted by molar-refractivity contribution is -0.143. The molecule has 1 N–H and O–H groups in total. The number of unbranched alkanes of at least 4 members (excludes halogenated alkanes) is 2. The maximum Gasteiger partial charge on any atom is 0.305 e. The van der Waals surface area contributed by atoms with E-state index < -0.39 is 0 Å². The number of carbonyl (C=O) groups is 1. The van der Waals surface area contributed by atoms with Crippen LogP contribution in [-0.2, 0) is 9.53 Å². The lowest BCUT2D eigenvalue weighted by Gasteiger charge is -2.10. The molecule has 0 saturated heterocycles. The number of carbonyl (C=O) groups excluding carboxylic acids is 1. The third-order valence-electron chi connectivity index (χ3n) is 3.07. The molecular weight excluding hydrogens is 238 g/mol. The summed E-state index contributed by atoms with van der Waals surface area (Å²) in [5, 5.41) is 3.45. The number of anilines is 1. The molecule has 3 heteroatoms. The van der Waals surface area contributed by atoms with Crippen LogP contribution in [0.1, 0.15) is 43.7 Å². The van der Waals surface area contributed by atoms with Gasteiger partial charge in [0.1, 0.15) is 0 Å². The number of aryl methyl sites for hydroxylation is 2. The molecule has 0 bridgehead atoms. The molecule has 0 saturated carbocycles. The topological polar surface area (TPSA) is 38.3 Å². The Kier molecular flexibility index (Phi) is 7.01. The van der Waals surface area contributed by atoms with Gasteiger partial charge in [0.15, 0.2) is 0 Å². The normalized spacial score (nSPS) is 10.3. The van der Waals surface area contributed by atoms with Gasteiger partial charge in [0.2, 0.25) is 0 Å². The van der Waals surface area contributed by atoms with Gasteiger partial charge in [-0.3, -0.25) is 4.79 Å². The maximum absolute atomic E-state index is 11.1. The lowest BCUT2D eigenvalue weighted by atomic mass is 10.1. The minimum atomic E-state index is -0.0787. The van der Waals surface area contributed by atoms with Crippen molar-refractivity contribution in [3.8, 4) is 0 Å². The molecule has 1 aromatic carbocycles. The fourth-order valence-electron chi connectivity index (χ4n) is 1.95. The Balaban J connectivity index is 2.14. The SMILES string of the molecule is CCOC(=O)CCCCCNc1cc(C)ccc1C. The maximum atomic E-state index is 11.1. The van der Waals surface area contributed by atoms with E-state index in [1.54, 1.807) is 0 Å². The van der Waals surface area contributed by atoms with Crippen LogP contribution in [0.25, 0.3) is 0 Å². The molecule has 0 amide bonds. The van der Waals surface area contributed by atoms with Crippen molar-refractivity contribution in [3.05, 3.63) is 29.3 Å². The molecule has 0 aromatic heterocycles. The van der Waals surface area contributed by atoms with Crippen molar-refractivity contribution in [3.63, 3.8) is 0 Å². The second-order valence-corrected chi connectivity index (χ2v) is 4.86. The van der Waals surface area contributed by atoms with Gasteiger partial charge >= 0.3 is 5.97 Å². The Hall–Kier alpha value is -1.51. The summed E-state index contributed by atoms with van der Waals surface area (Å²) in [6, 6.07) is 6.44. The van der Waals surface area contributed by atoms with Crippen molar-refractivity contribution in [1.82, 2.24) is 0 Å². The average Bonchev–Trinajstić information content (AvgIpc) is 2.38. The van der Waals surface area contributed by atoms with E-state index in [1.165, 1.54) is 16.8 Å². The average molecular weight is 263 g/mol. The number of benzene rings is 1. The molecule has 0 heterocycles. The Bertz CT molecular complexity index is 402. The third-order valence-corrected chi connectivity index (χ3v) is 3.07. The van der Waals surface area contributed by atoms with Crippen LogP contribution in [0.5, 0.6) is 0 Å². The van der Waals surface area contributed by atoms with Crippen molar-refractivity contribution in [2.45, 2.75) is 46.5 Å². The molecular formula is C16H25NO2. The van der Waals surface area contributed by atoms with Gasteiger partial charge in [-0.1, -0.05) is 18.6 Å². The van der Waals surface area contributed by atoms with E-state index in [2.05, 4.69) is 37.4 Å². The third kappa shape index (κ3) is 6.27. The number of nitrogens with one attached hydrogen (secondary N) is 1. The van der Waals surface area contributed by atoms with Crippen LogP contribution in [0.2, 0.25) is 0 Å². The van der Waals surface area contributed by atoms with E-state index in [-0.39, 0.29) is 5.97 Å². The van der Waals surface area contributed by atoms with Gasteiger partial charge in [-0.2, -0.15) is 0 Å². The largest absolute Gasteiger partial charge is 0.466 e. The highest BCUT2D eigenvalue weighted by molar-refractivity contribution is 5.69. The number of hydrogen-bond donors (Lipinski definition) is 1. The zero-order chi connectivity index (χ0) is 14.1. The predicted molar refractivity (Wildman–Crippen MR) is 79.5 cm³/mol.